The van der Waals surface area contributed by atoms with Gasteiger partial charge in [-0.05, 0) is 30.4 Å². The Labute approximate surface area is 183 Å². The molecule has 0 atom stereocenters. The second-order valence-corrected chi connectivity index (χ2v) is 8.44. The first-order chi connectivity index (χ1) is 15.1. The lowest BCUT2D eigenvalue weighted by Crippen LogP contribution is -2.44. The molecule has 2 aromatic rings. The summed E-state index contributed by atoms with van der Waals surface area (Å²) in [5.74, 6) is -0.125. The Hall–Kier alpha value is -3.15. The van der Waals surface area contributed by atoms with Crippen LogP contribution in [-0.4, -0.2) is 41.4 Å². The minimum Gasteiger partial charge on any atom is -0.356 e. The normalized spacial score (nSPS) is 17.4. The summed E-state index contributed by atoms with van der Waals surface area (Å²) in [5, 5.41) is 5.81. The number of urea groups is 1. The number of benzene rings is 2. The van der Waals surface area contributed by atoms with Gasteiger partial charge in [-0.2, -0.15) is 0 Å². The molecule has 4 rings (SSSR count). The van der Waals surface area contributed by atoms with Crippen LogP contribution in [0.25, 0.3) is 0 Å². The summed E-state index contributed by atoms with van der Waals surface area (Å²) in [4.78, 5) is 38.5. The SMILES string of the molecule is O=C(CCN1C(=O)NC2(CCCC2)C1=O)NCCC(c1ccccc1)c1ccccc1. The zero-order valence-corrected chi connectivity index (χ0v) is 17.7. The highest BCUT2D eigenvalue weighted by atomic mass is 16.2. The summed E-state index contributed by atoms with van der Waals surface area (Å²) in [7, 11) is 0. The van der Waals surface area contributed by atoms with Crippen LogP contribution in [0.5, 0.6) is 0 Å². The first-order valence-corrected chi connectivity index (χ1v) is 11.1. The second-order valence-electron chi connectivity index (χ2n) is 8.44. The standard InChI is InChI=1S/C25H29N3O3/c29-22(14-18-28-23(30)25(27-24(28)31)15-7-8-16-25)26-17-13-21(19-9-3-1-4-10-19)20-11-5-2-6-12-20/h1-6,9-12,21H,7-8,13-18H2,(H,26,29)(H,27,31). The fourth-order valence-corrected chi connectivity index (χ4v) is 4.75. The van der Waals surface area contributed by atoms with E-state index in [1.807, 2.05) is 36.4 Å². The van der Waals surface area contributed by atoms with Crippen molar-refractivity contribution in [2.45, 2.75) is 50.0 Å². The fraction of sp³-hybridized carbons (Fsp3) is 0.400. The lowest BCUT2D eigenvalue weighted by Gasteiger charge is -2.20. The number of carbonyl (C=O) groups is 3. The minimum atomic E-state index is -0.716. The molecule has 0 unspecified atom stereocenters. The van der Waals surface area contributed by atoms with Crippen LogP contribution in [-0.2, 0) is 9.59 Å². The van der Waals surface area contributed by atoms with Gasteiger partial charge in [-0.15, -0.1) is 0 Å². The third-order valence-electron chi connectivity index (χ3n) is 6.42. The van der Waals surface area contributed by atoms with Crippen LogP contribution in [0, 0.1) is 0 Å². The highest BCUT2D eigenvalue weighted by Gasteiger charge is 2.52. The van der Waals surface area contributed by atoms with Crippen molar-refractivity contribution in [3.05, 3.63) is 71.8 Å². The molecule has 1 saturated heterocycles. The quantitative estimate of drug-likeness (QED) is 0.642. The lowest BCUT2D eigenvalue weighted by atomic mass is 9.88. The van der Waals surface area contributed by atoms with E-state index < -0.39 is 5.54 Å². The van der Waals surface area contributed by atoms with Crippen LogP contribution in [0.4, 0.5) is 4.79 Å². The lowest BCUT2D eigenvalue weighted by molar-refractivity contribution is -0.131. The number of nitrogens with zero attached hydrogens (tertiary/aromatic N) is 1. The second kappa shape index (κ2) is 9.33. The van der Waals surface area contributed by atoms with E-state index in [1.54, 1.807) is 0 Å². The number of hydrogen-bond acceptors (Lipinski definition) is 3. The largest absolute Gasteiger partial charge is 0.356 e. The van der Waals surface area contributed by atoms with Gasteiger partial charge in [-0.3, -0.25) is 14.5 Å². The van der Waals surface area contributed by atoms with E-state index in [0.29, 0.717) is 19.4 Å². The number of amides is 4. The predicted octanol–water partition coefficient (Wildman–Crippen LogP) is 3.58. The molecule has 1 spiro atoms. The molecule has 1 saturated carbocycles. The van der Waals surface area contributed by atoms with Gasteiger partial charge >= 0.3 is 6.03 Å². The van der Waals surface area contributed by atoms with Gasteiger partial charge in [-0.1, -0.05) is 73.5 Å². The zero-order valence-electron chi connectivity index (χ0n) is 17.7. The summed E-state index contributed by atoms with van der Waals surface area (Å²) in [6, 6.07) is 20.2. The van der Waals surface area contributed by atoms with Gasteiger partial charge in [0.1, 0.15) is 5.54 Å². The molecule has 2 N–H and O–H groups in total. The molecule has 0 aromatic heterocycles. The van der Waals surface area contributed by atoms with Crippen LogP contribution >= 0.6 is 0 Å². The zero-order chi connectivity index (χ0) is 21.7. The highest BCUT2D eigenvalue weighted by Crippen LogP contribution is 2.35. The summed E-state index contributed by atoms with van der Waals surface area (Å²) in [6.07, 6.45) is 4.18. The Balaban J connectivity index is 1.29. The average Bonchev–Trinajstić information content (AvgIpc) is 3.36. The van der Waals surface area contributed by atoms with Gasteiger partial charge in [0.15, 0.2) is 0 Å². The molecule has 1 aliphatic heterocycles. The molecule has 6 nitrogen and oxygen atoms in total. The van der Waals surface area contributed by atoms with Crippen molar-refractivity contribution >= 4 is 17.8 Å². The molecule has 6 heteroatoms. The Bertz CT molecular complexity index is 884. The van der Waals surface area contributed by atoms with E-state index in [-0.39, 0.29) is 36.7 Å². The van der Waals surface area contributed by atoms with E-state index >= 15 is 0 Å². The van der Waals surface area contributed by atoms with E-state index in [4.69, 9.17) is 0 Å². The number of hydrogen-bond donors (Lipinski definition) is 2. The molecule has 1 aliphatic carbocycles. The number of rotatable bonds is 8. The first-order valence-electron chi connectivity index (χ1n) is 11.1. The Morgan fingerprint density at radius 2 is 1.55 bits per heavy atom. The molecule has 4 amide bonds. The van der Waals surface area contributed by atoms with Crippen LogP contribution < -0.4 is 10.6 Å². The number of nitrogens with one attached hydrogen (secondary N) is 2. The van der Waals surface area contributed by atoms with Crippen molar-refractivity contribution in [3.8, 4) is 0 Å². The van der Waals surface area contributed by atoms with Crippen LogP contribution in [0.1, 0.15) is 55.6 Å². The topological polar surface area (TPSA) is 78.5 Å². The third kappa shape index (κ3) is 4.63. The maximum Gasteiger partial charge on any atom is 0.325 e. The van der Waals surface area contributed by atoms with E-state index in [9.17, 15) is 14.4 Å². The summed E-state index contributed by atoms with van der Waals surface area (Å²) >= 11 is 0. The third-order valence-corrected chi connectivity index (χ3v) is 6.42. The molecule has 2 aromatic carbocycles. The van der Waals surface area contributed by atoms with Gasteiger partial charge < -0.3 is 10.6 Å². The molecule has 0 radical (unpaired) electrons. The van der Waals surface area contributed by atoms with Crippen molar-refractivity contribution in [1.29, 1.82) is 0 Å². The maximum atomic E-state index is 12.7. The van der Waals surface area contributed by atoms with Gasteiger partial charge in [-0.25, -0.2) is 4.79 Å². The van der Waals surface area contributed by atoms with Crippen LogP contribution in [0.2, 0.25) is 0 Å². The van der Waals surface area contributed by atoms with Crippen molar-refractivity contribution in [1.82, 2.24) is 15.5 Å². The highest BCUT2D eigenvalue weighted by molar-refractivity contribution is 6.07. The predicted molar refractivity (Wildman–Crippen MR) is 118 cm³/mol. The summed E-state index contributed by atoms with van der Waals surface area (Å²) in [5.41, 5.74) is 1.71. The van der Waals surface area contributed by atoms with Crippen molar-refractivity contribution in [2.24, 2.45) is 0 Å². The Kier molecular flexibility index (Phi) is 6.35. The van der Waals surface area contributed by atoms with E-state index in [0.717, 1.165) is 19.3 Å². The van der Waals surface area contributed by atoms with Crippen molar-refractivity contribution in [3.63, 3.8) is 0 Å². The molecular formula is C25H29N3O3. The maximum absolute atomic E-state index is 12.7. The van der Waals surface area contributed by atoms with Gasteiger partial charge in [0.25, 0.3) is 5.91 Å². The summed E-state index contributed by atoms with van der Waals surface area (Å²) in [6.45, 7) is 0.649. The number of imide groups is 1. The van der Waals surface area contributed by atoms with Gasteiger partial charge in [0.05, 0.1) is 0 Å². The fourth-order valence-electron chi connectivity index (χ4n) is 4.75. The molecule has 162 valence electrons. The van der Waals surface area contributed by atoms with Gasteiger partial charge in [0.2, 0.25) is 5.91 Å². The first kappa shape index (κ1) is 21.1. The molecule has 31 heavy (non-hydrogen) atoms. The van der Waals surface area contributed by atoms with E-state index in [2.05, 4.69) is 34.9 Å². The molecule has 1 heterocycles. The monoisotopic (exact) mass is 419 g/mol. The van der Waals surface area contributed by atoms with Crippen molar-refractivity contribution in [2.75, 3.05) is 13.1 Å². The molecule has 0 bridgehead atoms. The van der Waals surface area contributed by atoms with Crippen LogP contribution in [0.3, 0.4) is 0 Å². The van der Waals surface area contributed by atoms with Gasteiger partial charge in [0, 0.05) is 25.4 Å². The smallest absolute Gasteiger partial charge is 0.325 e. The molecule has 2 aliphatic rings. The summed E-state index contributed by atoms with van der Waals surface area (Å²) < 4.78 is 0. The molecular weight excluding hydrogens is 390 g/mol. The Morgan fingerprint density at radius 3 is 2.13 bits per heavy atom. The number of carbonyl (C=O) groups excluding carboxylic acids is 3. The van der Waals surface area contributed by atoms with Crippen molar-refractivity contribution < 1.29 is 14.4 Å². The molecule has 2 fully saturated rings. The Morgan fingerprint density at radius 1 is 0.968 bits per heavy atom. The van der Waals surface area contributed by atoms with E-state index in [1.165, 1.54) is 16.0 Å². The average molecular weight is 420 g/mol. The van der Waals surface area contributed by atoms with Crippen LogP contribution in [0.15, 0.2) is 60.7 Å². The minimum absolute atomic E-state index is 0.122.